The van der Waals surface area contributed by atoms with Gasteiger partial charge in [-0.15, -0.1) is 0 Å². The summed E-state index contributed by atoms with van der Waals surface area (Å²) >= 11 is 0. The maximum absolute atomic E-state index is 2.37. The van der Waals surface area contributed by atoms with Gasteiger partial charge < -0.3 is 0 Å². The van der Waals surface area contributed by atoms with Gasteiger partial charge in [0.2, 0.25) is 0 Å². The van der Waals surface area contributed by atoms with Crippen molar-refractivity contribution in [2.45, 2.75) is 48.0 Å². The lowest BCUT2D eigenvalue weighted by atomic mass is 9.54. The molecule has 1 aliphatic rings. The van der Waals surface area contributed by atoms with Gasteiger partial charge >= 0.3 is 0 Å². The van der Waals surface area contributed by atoms with Crippen LogP contribution in [-0.4, -0.2) is 7.28 Å². The zero-order chi connectivity index (χ0) is 14.2. The molecule has 0 spiro atoms. The Hall–Kier alpha value is -1.24. The average molecular weight is 252 g/mol. The topological polar surface area (TPSA) is 0 Å². The monoisotopic (exact) mass is 252 g/mol. The molecule has 0 bridgehead atoms. The highest BCUT2D eigenvalue weighted by atomic mass is 14.2. The van der Waals surface area contributed by atoms with Crippen LogP contribution in [0.2, 0.25) is 0 Å². The first-order chi connectivity index (χ1) is 8.88. The molecule has 0 radical (unpaired) electrons. The Bertz CT molecular complexity index is 538. The van der Waals surface area contributed by atoms with Crippen LogP contribution in [0.25, 0.3) is 0 Å². The van der Waals surface area contributed by atoms with Gasteiger partial charge in [-0.3, -0.25) is 0 Å². The van der Waals surface area contributed by atoms with E-state index >= 15 is 0 Å². The molecule has 0 saturated heterocycles. The van der Waals surface area contributed by atoms with Crippen LogP contribution in [0.4, 0.5) is 0 Å². The molecule has 1 aromatic rings. The number of hydrogen-bond donors (Lipinski definition) is 0. The molecule has 1 aliphatic carbocycles. The molecule has 0 nitrogen and oxygen atoms in total. The Kier molecular flexibility index (Phi) is 4.03. The Labute approximate surface area is 118 Å². The third-order valence-corrected chi connectivity index (χ3v) is 4.40. The molecule has 0 aromatic heterocycles. The third-order valence-electron chi connectivity index (χ3n) is 4.40. The zero-order valence-corrected chi connectivity index (χ0v) is 13.2. The van der Waals surface area contributed by atoms with Gasteiger partial charge in [0, 0.05) is 0 Å². The molecule has 1 unspecified atom stereocenters. The molecule has 0 heterocycles. The van der Waals surface area contributed by atoms with Gasteiger partial charge in [-0.25, -0.2) is 0 Å². The fourth-order valence-corrected chi connectivity index (χ4v) is 3.51. The van der Waals surface area contributed by atoms with Gasteiger partial charge in [0.05, 0.1) is 0 Å². The lowest BCUT2D eigenvalue weighted by Gasteiger charge is -2.24. The molecule has 1 atom stereocenters. The van der Waals surface area contributed by atoms with Crippen molar-refractivity contribution in [2.24, 2.45) is 5.92 Å². The van der Waals surface area contributed by atoms with Gasteiger partial charge in [-0.05, 0) is 47.0 Å². The van der Waals surface area contributed by atoms with Crippen LogP contribution in [0.15, 0.2) is 34.8 Å². The van der Waals surface area contributed by atoms with E-state index in [1.807, 2.05) is 0 Å². The number of rotatable bonds is 2. The summed E-state index contributed by atoms with van der Waals surface area (Å²) in [5.41, 5.74) is 10.4. The minimum atomic E-state index is 0.685. The zero-order valence-electron chi connectivity index (χ0n) is 13.2. The Morgan fingerprint density at radius 3 is 2.11 bits per heavy atom. The SMILES string of the molecule is CC1=CC(C)=C(Bc2c(C)cc(C)cc2C)C(C)C1. The highest BCUT2D eigenvalue weighted by Crippen LogP contribution is 2.28. The average Bonchev–Trinajstić information content (AvgIpc) is 2.25. The van der Waals surface area contributed by atoms with E-state index in [1.165, 1.54) is 39.7 Å². The first-order valence-corrected chi connectivity index (χ1v) is 7.32. The molecule has 1 heteroatoms. The van der Waals surface area contributed by atoms with Crippen molar-refractivity contribution < 1.29 is 0 Å². The second kappa shape index (κ2) is 5.40. The lowest BCUT2D eigenvalue weighted by Crippen LogP contribution is -2.27. The second-order valence-corrected chi connectivity index (χ2v) is 6.36. The van der Waals surface area contributed by atoms with Crippen LogP contribution in [0.1, 0.15) is 43.9 Å². The van der Waals surface area contributed by atoms with E-state index in [-0.39, 0.29) is 0 Å². The molecule has 100 valence electrons. The van der Waals surface area contributed by atoms with Crippen LogP contribution < -0.4 is 5.46 Å². The third kappa shape index (κ3) is 3.02. The van der Waals surface area contributed by atoms with E-state index < -0.39 is 0 Å². The Balaban J connectivity index is 2.39. The summed E-state index contributed by atoms with van der Waals surface area (Å²) in [6.45, 7) is 13.6. The van der Waals surface area contributed by atoms with E-state index in [0.717, 1.165) is 7.28 Å². The second-order valence-electron chi connectivity index (χ2n) is 6.36. The number of hydrogen-bond acceptors (Lipinski definition) is 0. The van der Waals surface area contributed by atoms with Crippen LogP contribution in [-0.2, 0) is 0 Å². The molecule has 1 aromatic carbocycles. The van der Waals surface area contributed by atoms with Crippen molar-refractivity contribution in [2.75, 3.05) is 0 Å². The summed E-state index contributed by atoms with van der Waals surface area (Å²) in [4.78, 5) is 0. The molecule has 0 saturated carbocycles. The summed E-state index contributed by atoms with van der Waals surface area (Å²) in [6.07, 6.45) is 3.59. The van der Waals surface area contributed by atoms with Crippen molar-refractivity contribution in [3.05, 3.63) is 51.5 Å². The van der Waals surface area contributed by atoms with Crippen molar-refractivity contribution in [3.63, 3.8) is 0 Å². The largest absolute Gasteiger partial charge is 0.188 e. The Morgan fingerprint density at radius 2 is 1.58 bits per heavy atom. The Morgan fingerprint density at radius 1 is 1.00 bits per heavy atom. The van der Waals surface area contributed by atoms with E-state index in [0.29, 0.717) is 5.92 Å². The smallest absolute Gasteiger partial charge is 0.0937 e. The fraction of sp³-hybridized carbons (Fsp3) is 0.444. The molecule has 0 fully saturated rings. The van der Waals surface area contributed by atoms with Crippen LogP contribution >= 0.6 is 0 Å². The first-order valence-electron chi connectivity index (χ1n) is 7.32. The quantitative estimate of drug-likeness (QED) is 0.699. The van der Waals surface area contributed by atoms with Crippen LogP contribution in [0, 0.1) is 26.7 Å². The molecule has 19 heavy (non-hydrogen) atoms. The highest BCUT2D eigenvalue weighted by Gasteiger charge is 2.19. The van der Waals surface area contributed by atoms with E-state index in [4.69, 9.17) is 0 Å². The van der Waals surface area contributed by atoms with Gasteiger partial charge in [-0.2, -0.15) is 0 Å². The van der Waals surface area contributed by atoms with Gasteiger partial charge in [0.25, 0.3) is 0 Å². The molecule has 0 amide bonds. The van der Waals surface area contributed by atoms with Crippen LogP contribution in [0.3, 0.4) is 0 Å². The number of allylic oxidation sites excluding steroid dienone is 4. The maximum atomic E-state index is 2.37. The number of aryl methyl sites for hydroxylation is 3. The maximum Gasteiger partial charge on any atom is 0.188 e. The van der Waals surface area contributed by atoms with Crippen molar-refractivity contribution in [1.82, 2.24) is 0 Å². The van der Waals surface area contributed by atoms with Crippen LogP contribution in [0.5, 0.6) is 0 Å². The summed E-state index contributed by atoms with van der Waals surface area (Å²) < 4.78 is 0. The lowest BCUT2D eigenvalue weighted by molar-refractivity contribution is 0.684. The van der Waals surface area contributed by atoms with E-state index in [2.05, 4.69) is 59.8 Å². The van der Waals surface area contributed by atoms with Crippen molar-refractivity contribution >= 4 is 12.7 Å². The van der Waals surface area contributed by atoms with Crippen molar-refractivity contribution in [3.8, 4) is 0 Å². The van der Waals surface area contributed by atoms with Gasteiger partial charge in [-0.1, -0.05) is 63.9 Å². The van der Waals surface area contributed by atoms with Crippen molar-refractivity contribution in [1.29, 1.82) is 0 Å². The van der Waals surface area contributed by atoms with Gasteiger partial charge in [0.1, 0.15) is 0 Å². The molecule has 2 rings (SSSR count). The molecule has 0 N–H and O–H groups in total. The number of benzene rings is 1. The fourth-order valence-electron chi connectivity index (χ4n) is 3.51. The molecular formula is C18H25B. The minimum absolute atomic E-state index is 0.685. The first kappa shape index (κ1) is 14.2. The van der Waals surface area contributed by atoms with Gasteiger partial charge in [0.15, 0.2) is 7.28 Å². The summed E-state index contributed by atoms with van der Waals surface area (Å²) in [5, 5.41) is 0. The summed E-state index contributed by atoms with van der Waals surface area (Å²) in [7, 11) is 1.12. The molecule has 0 aliphatic heterocycles. The predicted molar refractivity (Wildman–Crippen MR) is 87.7 cm³/mol. The minimum Gasteiger partial charge on any atom is -0.0937 e. The standard InChI is InChI=1S/C18H25B/c1-11-7-13(3)17(14(4)8-11)19-18-15(5)9-12(2)10-16(18)6/h7-9,16,19H,10H2,1-6H3. The normalized spacial score (nSPS) is 19.5. The summed E-state index contributed by atoms with van der Waals surface area (Å²) in [6, 6.07) is 4.62. The molecular weight excluding hydrogens is 227 g/mol. The summed E-state index contributed by atoms with van der Waals surface area (Å²) in [5.74, 6) is 0.685. The highest BCUT2D eigenvalue weighted by molar-refractivity contribution is 6.62. The predicted octanol–water partition coefficient (Wildman–Crippen LogP) is 3.93. The van der Waals surface area contributed by atoms with E-state index in [1.54, 1.807) is 5.47 Å². The van der Waals surface area contributed by atoms with E-state index in [9.17, 15) is 0 Å².